The third kappa shape index (κ3) is 7.31. The average molecular weight is 587 g/mol. The van der Waals surface area contributed by atoms with Crippen molar-refractivity contribution < 1.29 is 38.1 Å². The zero-order chi connectivity index (χ0) is 30.2. The summed E-state index contributed by atoms with van der Waals surface area (Å²) in [6.45, 7) is -0.812. The monoisotopic (exact) mass is 586 g/mol. The van der Waals surface area contributed by atoms with E-state index >= 15 is 0 Å². The molecule has 0 spiro atoms. The number of rotatable bonds is 10. The van der Waals surface area contributed by atoms with Crippen molar-refractivity contribution >= 4 is 17.9 Å². The molecule has 220 valence electrons. The molecule has 0 amide bonds. The summed E-state index contributed by atoms with van der Waals surface area (Å²) in [7, 11) is 0. The summed E-state index contributed by atoms with van der Waals surface area (Å²) in [4.78, 5) is 64.7. The second-order valence-corrected chi connectivity index (χ2v) is 9.36. The fourth-order valence-corrected chi connectivity index (χ4v) is 4.27. The zero-order valence-electron chi connectivity index (χ0n) is 22.6. The van der Waals surface area contributed by atoms with Crippen LogP contribution in [0.4, 0.5) is 0 Å². The molecule has 2 heterocycles. The molecule has 12 heteroatoms. The van der Waals surface area contributed by atoms with E-state index in [2.05, 4.69) is 4.98 Å². The molecule has 1 aliphatic heterocycles. The quantitative estimate of drug-likeness (QED) is 0.217. The van der Waals surface area contributed by atoms with Crippen LogP contribution >= 0.6 is 0 Å². The highest BCUT2D eigenvalue weighted by atomic mass is 16.7. The number of hydrogen-bond donors (Lipinski definition) is 1. The molecule has 3 aromatic carbocycles. The SMILES string of the molecule is O=C(OC[C@H]1O[C@@H](OCn2ccc(=O)[nH]c2=O)[C@H](OC(=O)c2ccccc2)[C@@H]1OC(=O)c1ccccc1)c1ccccc1. The average Bonchev–Trinajstić information content (AvgIpc) is 3.35. The molecular formula is C31H26N2O10. The Morgan fingerprint density at radius 3 is 1.74 bits per heavy atom. The standard InChI is InChI=1S/C31H26N2O10/c34-24-16-17-33(31(38)32-24)19-40-30-26(43-29(37)22-14-8-3-9-15-22)25(42-28(36)21-12-6-2-7-13-21)23(41-30)18-39-27(35)20-10-4-1-5-11-20/h1-17,23,25-26,30H,18-19H2,(H,32,34,38)/t23-,25-,26-,30-/m1/s1. The van der Waals surface area contributed by atoms with Crippen LogP contribution in [0.25, 0.3) is 0 Å². The van der Waals surface area contributed by atoms with Crippen LogP contribution in [0.5, 0.6) is 0 Å². The van der Waals surface area contributed by atoms with Crippen LogP contribution in [0.1, 0.15) is 31.1 Å². The highest BCUT2D eigenvalue weighted by Crippen LogP contribution is 2.30. The molecular weight excluding hydrogens is 560 g/mol. The van der Waals surface area contributed by atoms with Gasteiger partial charge < -0.3 is 23.7 Å². The summed E-state index contributed by atoms with van der Waals surface area (Å²) in [5.74, 6) is -2.15. The first-order valence-corrected chi connectivity index (χ1v) is 13.2. The molecule has 1 aliphatic rings. The summed E-state index contributed by atoms with van der Waals surface area (Å²) >= 11 is 0. The van der Waals surface area contributed by atoms with Crippen molar-refractivity contribution in [3.05, 3.63) is 141 Å². The summed E-state index contributed by atoms with van der Waals surface area (Å²) in [5.41, 5.74) is -0.620. The minimum atomic E-state index is -1.37. The van der Waals surface area contributed by atoms with E-state index in [1.165, 1.54) is 18.3 Å². The van der Waals surface area contributed by atoms with Crippen molar-refractivity contribution in [2.75, 3.05) is 6.61 Å². The number of carbonyl (C=O) groups is 3. The maximum atomic E-state index is 13.1. The summed E-state index contributed by atoms with van der Waals surface area (Å²) in [6.07, 6.45) is -3.93. The van der Waals surface area contributed by atoms with Crippen LogP contribution in [0.3, 0.4) is 0 Å². The lowest BCUT2D eigenvalue weighted by Crippen LogP contribution is -2.42. The maximum absolute atomic E-state index is 13.1. The first-order chi connectivity index (χ1) is 20.9. The highest BCUT2D eigenvalue weighted by Gasteiger charge is 2.51. The maximum Gasteiger partial charge on any atom is 0.338 e. The van der Waals surface area contributed by atoms with E-state index < -0.39 is 67.1 Å². The van der Waals surface area contributed by atoms with Crippen LogP contribution < -0.4 is 11.2 Å². The van der Waals surface area contributed by atoms with Gasteiger partial charge in [0.2, 0.25) is 6.29 Å². The van der Waals surface area contributed by atoms with Crippen molar-refractivity contribution in [2.24, 2.45) is 0 Å². The Morgan fingerprint density at radius 1 is 0.698 bits per heavy atom. The number of H-pyrrole nitrogens is 1. The van der Waals surface area contributed by atoms with Gasteiger partial charge in [0.05, 0.1) is 16.7 Å². The molecule has 43 heavy (non-hydrogen) atoms. The van der Waals surface area contributed by atoms with Crippen molar-refractivity contribution in [1.29, 1.82) is 0 Å². The van der Waals surface area contributed by atoms with E-state index in [4.69, 9.17) is 23.7 Å². The zero-order valence-corrected chi connectivity index (χ0v) is 22.6. The van der Waals surface area contributed by atoms with Gasteiger partial charge in [-0.1, -0.05) is 54.6 Å². The smallest absolute Gasteiger partial charge is 0.338 e. The Labute approximate surface area is 244 Å². The van der Waals surface area contributed by atoms with E-state index in [9.17, 15) is 24.0 Å². The molecule has 0 bridgehead atoms. The number of hydrogen-bond acceptors (Lipinski definition) is 10. The van der Waals surface area contributed by atoms with E-state index in [-0.39, 0.29) is 16.7 Å². The largest absolute Gasteiger partial charge is 0.459 e. The molecule has 0 saturated carbocycles. The third-order valence-corrected chi connectivity index (χ3v) is 6.44. The molecule has 0 unspecified atom stereocenters. The topological polar surface area (TPSA) is 152 Å². The lowest BCUT2D eigenvalue weighted by Gasteiger charge is -2.24. The van der Waals surface area contributed by atoms with Gasteiger partial charge in [-0.15, -0.1) is 0 Å². The molecule has 4 aromatic rings. The van der Waals surface area contributed by atoms with Crippen LogP contribution in [0.15, 0.2) is 113 Å². The van der Waals surface area contributed by atoms with Gasteiger partial charge in [-0.2, -0.15) is 0 Å². The normalized spacial score (nSPS) is 19.3. The Balaban J connectivity index is 1.43. The van der Waals surface area contributed by atoms with Crippen LogP contribution in [-0.2, 0) is 30.4 Å². The Hall–Kier alpha value is -5.33. The molecule has 1 aromatic heterocycles. The first kappa shape index (κ1) is 29.2. The van der Waals surface area contributed by atoms with Gasteiger partial charge in [-0.25, -0.2) is 19.2 Å². The summed E-state index contributed by atoms with van der Waals surface area (Å²) in [5, 5.41) is 0. The number of aromatic amines is 1. The molecule has 0 radical (unpaired) electrons. The highest BCUT2D eigenvalue weighted by molar-refractivity contribution is 5.91. The predicted molar refractivity (Wildman–Crippen MR) is 149 cm³/mol. The number of nitrogens with zero attached hydrogens (tertiary/aromatic N) is 1. The van der Waals surface area contributed by atoms with E-state index in [0.717, 1.165) is 10.6 Å². The molecule has 12 nitrogen and oxygen atoms in total. The Morgan fingerprint density at radius 2 is 1.21 bits per heavy atom. The van der Waals surface area contributed by atoms with Crippen LogP contribution in [-0.4, -0.2) is 58.7 Å². The van der Waals surface area contributed by atoms with Gasteiger partial charge in [0.1, 0.15) is 19.4 Å². The van der Waals surface area contributed by atoms with E-state index in [0.29, 0.717) is 0 Å². The minimum Gasteiger partial charge on any atom is -0.459 e. The van der Waals surface area contributed by atoms with Crippen molar-refractivity contribution in [2.45, 2.75) is 31.3 Å². The van der Waals surface area contributed by atoms with Gasteiger partial charge in [-0.05, 0) is 36.4 Å². The number of benzene rings is 3. The predicted octanol–water partition coefficient (Wildman–Crippen LogP) is 2.54. The molecule has 5 rings (SSSR count). The van der Waals surface area contributed by atoms with Gasteiger partial charge in [-0.3, -0.25) is 14.3 Å². The summed E-state index contributed by atoms with van der Waals surface area (Å²) < 4.78 is 29.9. The number of carbonyl (C=O) groups excluding carboxylic acids is 3. The molecule has 4 atom stereocenters. The summed E-state index contributed by atoms with van der Waals surface area (Å²) in [6, 6.07) is 25.6. The lowest BCUT2D eigenvalue weighted by molar-refractivity contribution is -0.188. The van der Waals surface area contributed by atoms with Gasteiger partial charge >= 0.3 is 23.6 Å². The molecule has 0 aliphatic carbocycles. The van der Waals surface area contributed by atoms with E-state index in [1.807, 2.05) is 0 Å². The molecule has 1 N–H and O–H groups in total. The Bertz CT molecular complexity index is 1670. The fraction of sp³-hybridized carbons (Fsp3) is 0.194. The van der Waals surface area contributed by atoms with Crippen molar-refractivity contribution in [3.63, 3.8) is 0 Å². The number of nitrogens with one attached hydrogen (secondary N) is 1. The molecule has 1 fully saturated rings. The van der Waals surface area contributed by atoms with Gasteiger partial charge in [0.25, 0.3) is 5.56 Å². The van der Waals surface area contributed by atoms with Gasteiger partial charge in [0, 0.05) is 12.3 Å². The van der Waals surface area contributed by atoms with Crippen LogP contribution in [0.2, 0.25) is 0 Å². The second kappa shape index (κ2) is 13.6. The second-order valence-electron chi connectivity index (χ2n) is 9.36. The van der Waals surface area contributed by atoms with Crippen molar-refractivity contribution in [1.82, 2.24) is 9.55 Å². The lowest BCUT2D eigenvalue weighted by atomic mass is 10.1. The number of esters is 3. The van der Waals surface area contributed by atoms with Crippen LogP contribution in [0, 0.1) is 0 Å². The minimum absolute atomic E-state index is 0.213. The van der Waals surface area contributed by atoms with E-state index in [1.54, 1.807) is 78.9 Å². The van der Waals surface area contributed by atoms with Gasteiger partial charge in [0.15, 0.2) is 12.2 Å². The first-order valence-electron chi connectivity index (χ1n) is 13.2. The molecule has 1 saturated heterocycles. The third-order valence-electron chi connectivity index (χ3n) is 6.44. The number of ether oxygens (including phenoxy) is 5. The Kier molecular flexibility index (Phi) is 9.20. The van der Waals surface area contributed by atoms with Crippen molar-refractivity contribution in [3.8, 4) is 0 Å². The fourth-order valence-electron chi connectivity index (χ4n) is 4.27. The number of aromatic nitrogens is 2.